The minimum atomic E-state index is -0.516. The molecular formula is C28H41N3O4. The lowest BCUT2D eigenvalue weighted by molar-refractivity contribution is 0.0439. The van der Waals surface area contributed by atoms with Crippen molar-refractivity contribution in [3.05, 3.63) is 60.8 Å². The summed E-state index contributed by atoms with van der Waals surface area (Å²) < 4.78 is 17.3. The second-order valence-electron chi connectivity index (χ2n) is 10.9. The van der Waals surface area contributed by atoms with E-state index in [4.69, 9.17) is 14.2 Å². The molecule has 2 heterocycles. The Morgan fingerprint density at radius 3 is 2.63 bits per heavy atom. The van der Waals surface area contributed by atoms with Crippen molar-refractivity contribution in [3.8, 4) is 5.75 Å². The summed E-state index contributed by atoms with van der Waals surface area (Å²) in [5, 5.41) is 6.20. The van der Waals surface area contributed by atoms with Gasteiger partial charge in [0.15, 0.2) is 11.6 Å². The number of hydrogen-bond donors (Lipinski definition) is 2. The minimum Gasteiger partial charge on any atom is -0.444 e. The van der Waals surface area contributed by atoms with Crippen LogP contribution in [0.15, 0.2) is 55.2 Å². The van der Waals surface area contributed by atoms with Crippen LogP contribution in [0.3, 0.4) is 0 Å². The second kappa shape index (κ2) is 10.8. The maximum Gasteiger partial charge on any atom is 0.408 e. The summed E-state index contributed by atoms with van der Waals surface area (Å²) in [6, 6.07) is 6.32. The van der Waals surface area contributed by atoms with Crippen molar-refractivity contribution in [2.45, 2.75) is 83.9 Å². The van der Waals surface area contributed by atoms with Crippen LogP contribution in [-0.4, -0.2) is 36.5 Å². The molecular weight excluding hydrogens is 442 g/mol. The Balaban J connectivity index is 1.47. The monoisotopic (exact) mass is 483 g/mol. The summed E-state index contributed by atoms with van der Waals surface area (Å²) in [6.07, 6.45) is 3.80. The SMILES string of the molecule is C=C1CCC(N2C(=C)Oc3c(CCCOCCC(C)(C)NC(=O)OC(C)(C)C)cccc32)C(=C)N1. The Labute approximate surface area is 210 Å². The highest BCUT2D eigenvalue weighted by Crippen LogP contribution is 2.44. The van der Waals surface area contributed by atoms with Gasteiger partial charge in [0.2, 0.25) is 0 Å². The first kappa shape index (κ1) is 26.7. The van der Waals surface area contributed by atoms with Crippen molar-refractivity contribution < 1.29 is 19.0 Å². The van der Waals surface area contributed by atoms with Gasteiger partial charge in [-0.25, -0.2) is 4.79 Å². The lowest BCUT2D eigenvalue weighted by Crippen LogP contribution is -2.46. The standard InChI is InChI=1S/C28H41N3O4/c1-19-14-15-23(20(2)29-19)31-21(3)34-25-22(11-9-13-24(25)31)12-10-17-33-18-16-28(7,8)30-26(32)35-27(4,5)6/h9,11,13,23,29H,1-3,10,12,14-18H2,4-8H3,(H,30,32). The van der Waals surface area contributed by atoms with Gasteiger partial charge >= 0.3 is 6.09 Å². The fourth-order valence-electron chi connectivity index (χ4n) is 4.30. The molecule has 2 aliphatic heterocycles. The number of amides is 1. The van der Waals surface area contributed by atoms with Gasteiger partial charge in [0.25, 0.3) is 0 Å². The average Bonchev–Trinajstić information content (AvgIpc) is 3.05. The van der Waals surface area contributed by atoms with Crippen LogP contribution in [0.4, 0.5) is 10.5 Å². The third-order valence-corrected chi connectivity index (χ3v) is 6.04. The molecule has 1 fully saturated rings. The Kier molecular flexibility index (Phi) is 8.21. The lowest BCUT2D eigenvalue weighted by atomic mass is 9.99. The number of para-hydroxylation sites is 1. The second-order valence-corrected chi connectivity index (χ2v) is 10.9. The van der Waals surface area contributed by atoms with Crippen LogP contribution in [-0.2, 0) is 15.9 Å². The molecule has 3 rings (SSSR count). The van der Waals surface area contributed by atoms with Crippen molar-refractivity contribution in [3.63, 3.8) is 0 Å². The summed E-state index contributed by atoms with van der Waals surface area (Å²) in [6.45, 7) is 23.0. The topological polar surface area (TPSA) is 72.1 Å². The van der Waals surface area contributed by atoms with Crippen LogP contribution in [0.2, 0.25) is 0 Å². The van der Waals surface area contributed by atoms with Crippen molar-refractivity contribution in [1.82, 2.24) is 10.6 Å². The number of carbonyl (C=O) groups excluding carboxylic acids is 1. The van der Waals surface area contributed by atoms with Gasteiger partial charge in [-0.1, -0.05) is 25.3 Å². The maximum atomic E-state index is 12.0. The molecule has 1 amide bonds. The molecule has 2 N–H and O–H groups in total. The summed E-state index contributed by atoms with van der Waals surface area (Å²) in [4.78, 5) is 14.2. The summed E-state index contributed by atoms with van der Waals surface area (Å²) in [5.41, 5.74) is 3.16. The highest BCUT2D eigenvalue weighted by molar-refractivity contribution is 5.70. The van der Waals surface area contributed by atoms with E-state index in [-0.39, 0.29) is 6.04 Å². The summed E-state index contributed by atoms with van der Waals surface area (Å²) in [7, 11) is 0. The fourth-order valence-corrected chi connectivity index (χ4v) is 4.30. The normalized spacial score (nSPS) is 18.1. The predicted octanol–water partition coefficient (Wildman–Crippen LogP) is 5.78. The van der Waals surface area contributed by atoms with Gasteiger partial charge in [-0.05, 0) is 84.9 Å². The largest absolute Gasteiger partial charge is 0.444 e. The Morgan fingerprint density at radius 2 is 1.94 bits per heavy atom. The number of rotatable bonds is 9. The lowest BCUT2D eigenvalue weighted by Gasteiger charge is -2.35. The number of aryl methyl sites for hydroxylation is 1. The Morgan fingerprint density at radius 1 is 1.20 bits per heavy atom. The van der Waals surface area contributed by atoms with E-state index in [1.807, 2.05) is 34.6 Å². The third kappa shape index (κ3) is 7.28. The van der Waals surface area contributed by atoms with Crippen molar-refractivity contribution in [2.75, 3.05) is 18.1 Å². The molecule has 2 aliphatic rings. The van der Waals surface area contributed by atoms with Crippen molar-refractivity contribution >= 4 is 11.8 Å². The van der Waals surface area contributed by atoms with Crippen molar-refractivity contribution in [1.29, 1.82) is 0 Å². The van der Waals surface area contributed by atoms with Gasteiger partial charge in [0.1, 0.15) is 5.60 Å². The molecule has 1 atom stereocenters. The average molecular weight is 484 g/mol. The van der Waals surface area contributed by atoms with E-state index in [2.05, 4.69) is 53.5 Å². The zero-order chi connectivity index (χ0) is 25.8. The molecule has 7 nitrogen and oxygen atoms in total. The molecule has 1 unspecified atom stereocenters. The molecule has 0 aromatic heterocycles. The number of piperidine rings is 1. The van der Waals surface area contributed by atoms with E-state index >= 15 is 0 Å². The molecule has 35 heavy (non-hydrogen) atoms. The van der Waals surface area contributed by atoms with E-state index in [0.29, 0.717) is 25.5 Å². The maximum absolute atomic E-state index is 12.0. The fraction of sp³-hybridized carbons (Fsp3) is 0.536. The van der Waals surface area contributed by atoms with Gasteiger partial charge in [0, 0.05) is 30.1 Å². The van der Waals surface area contributed by atoms with Gasteiger partial charge in [-0.2, -0.15) is 0 Å². The highest BCUT2D eigenvalue weighted by Gasteiger charge is 2.35. The Bertz CT molecular complexity index is 977. The first-order valence-electron chi connectivity index (χ1n) is 12.4. The molecule has 1 aromatic rings. The Hall–Kier alpha value is -2.93. The molecule has 0 saturated carbocycles. The first-order chi connectivity index (χ1) is 16.4. The van der Waals surface area contributed by atoms with Crippen LogP contribution in [0.5, 0.6) is 5.75 Å². The van der Waals surface area contributed by atoms with E-state index in [1.54, 1.807) is 0 Å². The molecule has 0 bridgehead atoms. The van der Waals surface area contributed by atoms with Gasteiger partial charge in [-0.3, -0.25) is 0 Å². The number of allylic oxidation sites excluding steroid dienone is 1. The van der Waals surface area contributed by atoms with E-state index in [0.717, 1.165) is 54.1 Å². The van der Waals surface area contributed by atoms with Gasteiger partial charge in [-0.15, -0.1) is 0 Å². The predicted molar refractivity (Wildman–Crippen MR) is 140 cm³/mol. The quantitative estimate of drug-likeness (QED) is 0.434. The van der Waals surface area contributed by atoms with Crippen LogP contribution < -0.4 is 20.3 Å². The number of hydrogen-bond acceptors (Lipinski definition) is 6. The summed E-state index contributed by atoms with van der Waals surface area (Å²) >= 11 is 0. The molecule has 1 aromatic carbocycles. The smallest absolute Gasteiger partial charge is 0.408 e. The molecule has 192 valence electrons. The number of nitrogens with one attached hydrogen (secondary N) is 2. The molecule has 0 aliphatic carbocycles. The van der Waals surface area contributed by atoms with E-state index < -0.39 is 17.2 Å². The minimum absolute atomic E-state index is 0.0884. The highest BCUT2D eigenvalue weighted by atomic mass is 16.6. The number of alkyl carbamates (subject to hydrolysis) is 1. The van der Waals surface area contributed by atoms with Crippen LogP contribution >= 0.6 is 0 Å². The number of anilines is 1. The molecule has 1 saturated heterocycles. The molecule has 0 radical (unpaired) electrons. The number of carbonyl (C=O) groups is 1. The summed E-state index contributed by atoms with van der Waals surface area (Å²) in [5.74, 6) is 1.50. The van der Waals surface area contributed by atoms with Crippen LogP contribution in [0, 0.1) is 0 Å². The zero-order valence-corrected chi connectivity index (χ0v) is 22.0. The number of benzene rings is 1. The zero-order valence-electron chi connectivity index (χ0n) is 22.0. The third-order valence-electron chi connectivity index (χ3n) is 6.04. The molecule has 0 spiro atoms. The van der Waals surface area contributed by atoms with Crippen LogP contribution in [0.25, 0.3) is 0 Å². The number of fused-ring (bicyclic) bond motifs is 1. The van der Waals surface area contributed by atoms with E-state index in [1.165, 1.54) is 0 Å². The van der Waals surface area contributed by atoms with Crippen LogP contribution in [0.1, 0.15) is 65.9 Å². The van der Waals surface area contributed by atoms with Gasteiger partial charge in [0.05, 0.1) is 11.7 Å². The van der Waals surface area contributed by atoms with Crippen molar-refractivity contribution in [2.24, 2.45) is 0 Å². The van der Waals surface area contributed by atoms with E-state index in [9.17, 15) is 4.79 Å². The molecule has 7 heteroatoms. The number of nitrogens with zero attached hydrogens (tertiary/aromatic N) is 1. The van der Waals surface area contributed by atoms with Gasteiger partial charge < -0.3 is 29.7 Å². The first-order valence-corrected chi connectivity index (χ1v) is 12.4. The number of ether oxygens (including phenoxy) is 3.